The minimum absolute atomic E-state index is 0.792. The zero-order chi connectivity index (χ0) is 11.1. The summed E-state index contributed by atoms with van der Waals surface area (Å²) in [5, 5.41) is 0. The van der Waals surface area contributed by atoms with Crippen LogP contribution in [0.25, 0.3) is 0 Å². The average Bonchev–Trinajstić information content (AvgIpc) is 2.26. The Morgan fingerprint density at radius 3 is 2.93 bits per heavy atom. The molecule has 0 amide bonds. The lowest BCUT2D eigenvalue weighted by Gasteiger charge is -2.16. The Hall–Kier alpha value is -1.10. The standard InChI is InChI=1S/C11H19N3O/c1-14(7-6-13-12)9-10-4-3-5-11(8-10)15-2/h3-5,8,13H,6-7,9,12H2,1-2H3. The van der Waals surface area contributed by atoms with Crippen LogP contribution in [0.2, 0.25) is 0 Å². The van der Waals surface area contributed by atoms with Crippen LogP contribution in [0.3, 0.4) is 0 Å². The summed E-state index contributed by atoms with van der Waals surface area (Å²) in [5.74, 6) is 6.12. The maximum Gasteiger partial charge on any atom is 0.119 e. The van der Waals surface area contributed by atoms with Crippen LogP contribution in [0.15, 0.2) is 24.3 Å². The van der Waals surface area contributed by atoms with Crippen LogP contribution in [0.1, 0.15) is 5.56 Å². The molecule has 4 nitrogen and oxygen atoms in total. The molecule has 0 aliphatic heterocycles. The third kappa shape index (κ3) is 4.29. The molecule has 0 heterocycles. The summed E-state index contributed by atoms with van der Waals surface area (Å²) in [6.07, 6.45) is 0. The summed E-state index contributed by atoms with van der Waals surface area (Å²) in [6.45, 7) is 2.62. The van der Waals surface area contributed by atoms with Gasteiger partial charge in [-0.3, -0.25) is 11.3 Å². The van der Waals surface area contributed by atoms with E-state index in [2.05, 4.69) is 23.4 Å². The molecule has 1 aromatic rings. The Labute approximate surface area is 91.0 Å². The van der Waals surface area contributed by atoms with Gasteiger partial charge < -0.3 is 9.64 Å². The molecular formula is C11H19N3O. The van der Waals surface area contributed by atoms with Crippen LogP contribution in [-0.2, 0) is 6.54 Å². The van der Waals surface area contributed by atoms with Crippen molar-refractivity contribution < 1.29 is 4.74 Å². The van der Waals surface area contributed by atoms with Crippen molar-refractivity contribution in [2.45, 2.75) is 6.54 Å². The van der Waals surface area contributed by atoms with Crippen molar-refractivity contribution in [3.8, 4) is 5.75 Å². The second-order valence-electron chi connectivity index (χ2n) is 3.54. The lowest BCUT2D eigenvalue weighted by molar-refractivity contribution is 0.324. The zero-order valence-electron chi connectivity index (χ0n) is 9.36. The molecule has 1 rings (SSSR count). The molecule has 1 aromatic carbocycles. The van der Waals surface area contributed by atoms with Crippen molar-refractivity contribution in [3.63, 3.8) is 0 Å². The van der Waals surface area contributed by atoms with Crippen LogP contribution in [-0.4, -0.2) is 32.1 Å². The molecule has 0 aliphatic rings. The fourth-order valence-corrected chi connectivity index (χ4v) is 1.42. The van der Waals surface area contributed by atoms with E-state index in [9.17, 15) is 0 Å². The highest BCUT2D eigenvalue weighted by Crippen LogP contribution is 2.13. The zero-order valence-corrected chi connectivity index (χ0v) is 9.36. The Balaban J connectivity index is 2.48. The number of nitrogens with two attached hydrogens (primary N) is 1. The number of nitrogens with zero attached hydrogens (tertiary/aromatic N) is 1. The van der Waals surface area contributed by atoms with Crippen molar-refractivity contribution in [1.82, 2.24) is 10.3 Å². The van der Waals surface area contributed by atoms with Gasteiger partial charge in [-0.15, -0.1) is 0 Å². The quantitative estimate of drug-likeness (QED) is 0.532. The van der Waals surface area contributed by atoms with Crippen molar-refractivity contribution in [2.24, 2.45) is 5.84 Å². The van der Waals surface area contributed by atoms with E-state index in [1.807, 2.05) is 18.2 Å². The number of ether oxygens (including phenoxy) is 1. The van der Waals surface area contributed by atoms with E-state index < -0.39 is 0 Å². The second-order valence-corrected chi connectivity index (χ2v) is 3.54. The van der Waals surface area contributed by atoms with Gasteiger partial charge in [-0.1, -0.05) is 12.1 Å². The summed E-state index contributed by atoms with van der Waals surface area (Å²) < 4.78 is 5.17. The number of hydrogen-bond acceptors (Lipinski definition) is 4. The smallest absolute Gasteiger partial charge is 0.119 e. The molecule has 0 saturated heterocycles. The summed E-state index contributed by atoms with van der Waals surface area (Å²) in [6, 6.07) is 8.09. The normalized spacial score (nSPS) is 10.7. The van der Waals surface area contributed by atoms with Gasteiger partial charge in [0.15, 0.2) is 0 Å². The Bertz CT molecular complexity index is 291. The van der Waals surface area contributed by atoms with Crippen LogP contribution < -0.4 is 16.0 Å². The molecule has 0 saturated carbocycles. The first kappa shape index (κ1) is 12.0. The largest absolute Gasteiger partial charge is 0.497 e. The van der Waals surface area contributed by atoms with Gasteiger partial charge in [-0.05, 0) is 24.7 Å². The third-order valence-electron chi connectivity index (χ3n) is 2.22. The van der Waals surface area contributed by atoms with Crippen LogP contribution in [0.5, 0.6) is 5.75 Å². The number of methoxy groups -OCH3 is 1. The number of nitrogens with one attached hydrogen (secondary N) is 1. The molecule has 0 fully saturated rings. The minimum atomic E-state index is 0.792. The summed E-state index contributed by atoms with van der Waals surface area (Å²) >= 11 is 0. The summed E-state index contributed by atoms with van der Waals surface area (Å²) in [7, 11) is 3.75. The van der Waals surface area contributed by atoms with Crippen molar-refractivity contribution in [3.05, 3.63) is 29.8 Å². The molecular weight excluding hydrogens is 190 g/mol. The van der Waals surface area contributed by atoms with Gasteiger partial charge in [0.25, 0.3) is 0 Å². The first-order valence-corrected chi connectivity index (χ1v) is 5.01. The van der Waals surface area contributed by atoms with Crippen LogP contribution in [0, 0.1) is 0 Å². The molecule has 0 spiro atoms. The van der Waals surface area contributed by atoms with Crippen molar-refractivity contribution >= 4 is 0 Å². The maximum absolute atomic E-state index is 5.22. The van der Waals surface area contributed by atoms with E-state index >= 15 is 0 Å². The molecule has 3 N–H and O–H groups in total. The van der Waals surface area contributed by atoms with E-state index in [-0.39, 0.29) is 0 Å². The van der Waals surface area contributed by atoms with Crippen LogP contribution >= 0.6 is 0 Å². The van der Waals surface area contributed by atoms with Gasteiger partial charge in [0, 0.05) is 19.6 Å². The van der Waals surface area contributed by atoms with E-state index in [1.54, 1.807) is 7.11 Å². The summed E-state index contributed by atoms with van der Waals surface area (Å²) in [5.41, 5.74) is 3.88. The predicted molar refractivity (Wildman–Crippen MR) is 61.5 cm³/mol. The van der Waals surface area contributed by atoms with Crippen LogP contribution in [0.4, 0.5) is 0 Å². The van der Waals surface area contributed by atoms with E-state index in [0.29, 0.717) is 0 Å². The third-order valence-corrected chi connectivity index (χ3v) is 2.22. The van der Waals surface area contributed by atoms with Gasteiger partial charge >= 0.3 is 0 Å². The number of benzene rings is 1. The van der Waals surface area contributed by atoms with Crippen molar-refractivity contribution in [1.29, 1.82) is 0 Å². The average molecular weight is 209 g/mol. The predicted octanol–water partition coefficient (Wildman–Crippen LogP) is 0.590. The maximum atomic E-state index is 5.22. The fraction of sp³-hybridized carbons (Fsp3) is 0.455. The van der Waals surface area contributed by atoms with Gasteiger partial charge in [-0.2, -0.15) is 0 Å². The molecule has 0 aromatic heterocycles. The molecule has 84 valence electrons. The molecule has 0 aliphatic carbocycles. The highest BCUT2D eigenvalue weighted by molar-refractivity contribution is 5.28. The number of hydrogen-bond donors (Lipinski definition) is 2. The molecule has 0 radical (unpaired) electrons. The molecule has 0 atom stereocenters. The van der Waals surface area contributed by atoms with E-state index in [0.717, 1.165) is 25.4 Å². The molecule has 4 heteroatoms. The van der Waals surface area contributed by atoms with Gasteiger partial charge in [0.2, 0.25) is 0 Å². The second kappa shape index (κ2) is 6.40. The summed E-state index contributed by atoms with van der Waals surface area (Å²) in [4.78, 5) is 2.20. The molecule has 0 bridgehead atoms. The number of hydrazine groups is 1. The van der Waals surface area contributed by atoms with Gasteiger partial charge in [-0.25, -0.2) is 0 Å². The SMILES string of the molecule is COc1cccc(CN(C)CCNN)c1. The Morgan fingerprint density at radius 2 is 2.27 bits per heavy atom. The van der Waals surface area contributed by atoms with E-state index in [1.165, 1.54) is 5.56 Å². The highest BCUT2D eigenvalue weighted by atomic mass is 16.5. The van der Waals surface area contributed by atoms with Gasteiger partial charge in [0.05, 0.1) is 7.11 Å². The fourth-order valence-electron chi connectivity index (χ4n) is 1.42. The molecule has 0 unspecified atom stereocenters. The Morgan fingerprint density at radius 1 is 1.47 bits per heavy atom. The monoisotopic (exact) mass is 209 g/mol. The van der Waals surface area contributed by atoms with E-state index in [4.69, 9.17) is 10.6 Å². The number of rotatable bonds is 6. The first-order valence-electron chi connectivity index (χ1n) is 5.01. The highest BCUT2D eigenvalue weighted by Gasteiger charge is 2.00. The minimum Gasteiger partial charge on any atom is -0.497 e. The number of likely N-dealkylation sites (N-methyl/N-ethyl adjacent to an activating group) is 1. The molecule has 15 heavy (non-hydrogen) atoms. The first-order chi connectivity index (χ1) is 7.26. The van der Waals surface area contributed by atoms with Gasteiger partial charge in [0.1, 0.15) is 5.75 Å². The lowest BCUT2D eigenvalue weighted by atomic mass is 10.2. The lowest BCUT2D eigenvalue weighted by Crippen LogP contribution is -2.32. The topological polar surface area (TPSA) is 50.5 Å². The Kier molecular flexibility index (Phi) is 5.10. The van der Waals surface area contributed by atoms with Crippen molar-refractivity contribution in [2.75, 3.05) is 27.2 Å².